The van der Waals surface area contributed by atoms with Crippen LogP contribution in [-0.2, 0) is 0 Å². The third-order valence-electron chi connectivity index (χ3n) is 2.50. The Bertz CT molecular complexity index is 677. The van der Waals surface area contributed by atoms with E-state index in [2.05, 4.69) is 15.3 Å². The highest BCUT2D eigenvalue weighted by molar-refractivity contribution is 5.88. The number of anilines is 2. The number of para-hydroxylation sites is 1. The van der Waals surface area contributed by atoms with Crippen molar-refractivity contribution in [2.45, 2.75) is 6.92 Å². The van der Waals surface area contributed by atoms with Crippen LogP contribution in [0, 0.1) is 18.3 Å². The maximum atomic E-state index is 10.8. The molecule has 94 valence electrons. The molecule has 0 unspecified atom stereocenters. The molecule has 0 aliphatic heterocycles. The molecule has 6 heteroatoms. The van der Waals surface area contributed by atoms with Gasteiger partial charge in [-0.05, 0) is 19.1 Å². The lowest BCUT2D eigenvalue weighted by Gasteiger charge is -2.07. The van der Waals surface area contributed by atoms with Crippen molar-refractivity contribution >= 4 is 17.6 Å². The number of aryl methyl sites for hydroxylation is 1. The summed E-state index contributed by atoms with van der Waals surface area (Å²) in [5, 5.41) is 20.7. The minimum absolute atomic E-state index is 0.0547. The van der Waals surface area contributed by atoms with Crippen molar-refractivity contribution in [2.75, 3.05) is 5.32 Å². The molecule has 1 aromatic heterocycles. The third kappa shape index (κ3) is 2.66. The summed E-state index contributed by atoms with van der Waals surface area (Å²) < 4.78 is 0. The molecule has 0 bridgehead atoms. The number of carboxylic acid groups (broad SMARTS) is 1. The van der Waals surface area contributed by atoms with Crippen molar-refractivity contribution in [1.82, 2.24) is 9.97 Å². The van der Waals surface area contributed by atoms with Crippen LogP contribution in [0.5, 0.6) is 0 Å². The maximum Gasteiger partial charge on any atom is 0.339 e. The van der Waals surface area contributed by atoms with E-state index in [9.17, 15) is 4.79 Å². The van der Waals surface area contributed by atoms with Gasteiger partial charge in [-0.1, -0.05) is 12.1 Å². The number of carbonyl (C=O) groups is 1. The Morgan fingerprint density at radius 2 is 2.16 bits per heavy atom. The fourth-order valence-electron chi connectivity index (χ4n) is 1.55. The van der Waals surface area contributed by atoms with Gasteiger partial charge in [0.1, 0.15) is 6.07 Å². The Kier molecular flexibility index (Phi) is 3.39. The van der Waals surface area contributed by atoms with E-state index in [-0.39, 0.29) is 11.5 Å². The Labute approximate surface area is 109 Å². The summed E-state index contributed by atoms with van der Waals surface area (Å²) in [6.07, 6.45) is 1.24. The number of hydrogen-bond acceptors (Lipinski definition) is 5. The normalized spacial score (nSPS) is 9.68. The van der Waals surface area contributed by atoms with Crippen molar-refractivity contribution in [3.63, 3.8) is 0 Å². The molecule has 2 aromatic rings. The second-order valence-electron chi connectivity index (χ2n) is 3.78. The second kappa shape index (κ2) is 5.14. The first-order valence-corrected chi connectivity index (χ1v) is 5.45. The number of nitrogens with one attached hydrogen (secondary N) is 1. The minimum atomic E-state index is -1.07. The highest BCUT2D eigenvalue weighted by Crippen LogP contribution is 2.18. The molecule has 2 rings (SSSR count). The lowest BCUT2D eigenvalue weighted by atomic mass is 10.2. The van der Waals surface area contributed by atoms with E-state index in [0.717, 1.165) is 0 Å². The fraction of sp³-hybridized carbons (Fsp3) is 0.0769. The van der Waals surface area contributed by atoms with Crippen molar-refractivity contribution in [1.29, 1.82) is 5.26 Å². The van der Waals surface area contributed by atoms with Gasteiger partial charge >= 0.3 is 5.97 Å². The Balaban J connectivity index is 2.32. The van der Waals surface area contributed by atoms with Crippen LogP contribution in [0.15, 0.2) is 30.5 Å². The molecule has 0 aliphatic rings. The minimum Gasteiger partial charge on any atom is -0.478 e. The lowest BCUT2D eigenvalue weighted by molar-refractivity contribution is 0.0695. The first-order valence-electron chi connectivity index (χ1n) is 5.45. The van der Waals surface area contributed by atoms with Crippen molar-refractivity contribution in [3.05, 3.63) is 47.3 Å². The molecule has 6 nitrogen and oxygen atoms in total. The zero-order chi connectivity index (χ0) is 13.8. The summed E-state index contributed by atoms with van der Waals surface area (Å²) in [6.45, 7) is 1.59. The smallest absolute Gasteiger partial charge is 0.339 e. The van der Waals surface area contributed by atoms with Crippen molar-refractivity contribution in [2.24, 2.45) is 0 Å². The van der Waals surface area contributed by atoms with Crippen LogP contribution in [-0.4, -0.2) is 21.0 Å². The van der Waals surface area contributed by atoms with E-state index < -0.39 is 5.97 Å². The van der Waals surface area contributed by atoms with Gasteiger partial charge in [0.05, 0.1) is 22.5 Å². The van der Waals surface area contributed by atoms with Crippen LogP contribution in [0.1, 0.15) is 21.6 Å². The molecular formula is C13H10N4O2. The molecule has 0 amide bonds. The summed E-state index contributed by atoms with van der Waals surface area (Å²) in [7, 11) is 0. The summed E-state index contributed by atoms with van der Waals surface area (Å²) in [4.78, 5) is 18.8. The number of aromatic carboxylic acids is 1. The Morgan fingerprint density at radius 1 is 1.42 bits per heavy atom. The summed E-state index contributed by atoms with van der Waals surface area (Å²) in [5.41, 5.74) is 1.46. The maximum absolute atomic E-state index is 10.8. The van der Waals surface area contributed by atoms with E-state index in [1.54, 1.807) is 31.2 Å². The first-order chi connectivity index (χ1) is 9.11. The molecular weight excluding hydrogens is 244 g/mol. The van der Waals surface area contributed by atoms with Crippen LogP contribution >= 0.6 is 0 Å². The zero-order valence-electron chi connectivity index (χ0n) is 10.1. The van der Waals surface area contributed by atoms with Crippen molar-refractivity contribution in [3.8, 4) is 6.07 Å². The van der Waals surface area contributed by atoms with E-state index in [0.29, 0.717) is 16.9 Å². The van der Waals surface area contributed by atoms with Crippen LogP contribution < -0.4 is 5.32 Å². The number of carboxylic acids is 1. The van der Waals surface area contributed by atoms with E-state index in [1.807, 2.05) is 6.07 Å². The highest BCUT2D eigenvalue weighted by Gasteiger charge is 2.10. The van der Waals surface area contributed by atoms with Crippen LogP contribution in [0.25, 0.3) is 0 Å². The molecule has 0 atom stereocenters. The molecule has 1 aromatic carbocycles. The van der Waals surface area contributed by atoms with E-state index in [4.69, 9.17) is 10.4 Å². The van der Waals surface area contributed by atoms with Gasteiger partial charge in [0.2, 0.25) is 5.95 Å². The Hall–Kier alpha value is -2.94. The SMILES string of the molecule is Cc1nc(Nc2ccccc2C#N)ncc1C(=O)O. The first kappa shape index (κ1) is 12.5. The average molecular weight is 254 g/mol. The average Bonchev–Trinajstić information content (AvgIpc) is 2.39. The van der Waals surface area contributed by atoms with Gasteiger partial charge in [-0.15, -0.1) is 0 Å². The molecule has 0 spiro atoms. The summed E-state index contributed by atoms with van der Waals surface area (Å²) in [6, 6.07) is 8.97. The number of nitrogens with zero attached hydrogens (tertiary/aromatic N) is 3. The highest BCUT2D eigenvalue weighted by atomic mass is 16.4. The third-order valence-corrected chi connectivity index (χ3v) is 2.50. The van der Waals surface area contributed by atoms with Gasteiger partial charge in [-0.2, -0.15) is 5.26 Å². The second-order valence-corrected chi connectivity index (χ2v) is 3.78. The Morgan fingerprint density at radius 3 is 2.79 bits per heavy atom. The van der Waals surface area contributed by atoms with E-state index >= 15 is 0 Å². The largest absolute Gasteiger partial charge is 0.478 e. The van der Waals surface area contributed by atoms with Gasteiger partial charge < -0.3 is 10.4 Å². The fourth-order valence-corrected chi connectivity index (χ4v) is 1.55. The summed E-state index contributed by atoms with van der Waals surface area (Å²) in [5.74, 6) is -0.813. The van der Waals surface area contributed by atoms with Gasteiger partial charge in [0.15, 0.2) is 0 Å². The number of rotatable bonds is 3. The number of benzene rings is 1. The number of hydrogen-bond donors (Lipinski definition) is 2. The molecule has 0 radical (unpaired) electrons. The number of nitriles is 1. The molecule has 2 N–H and O–H groups in total. The van der Waals surface area contributed by atoms with E-state index in [1.165, 1.54) is 6.20 Å². The molecule has 0 fully saturated rings. The van der Waals surface area contributed by atoms with Crippen LogP contribution in [0.3, 0.4) is 0 Å². The van der Waals surface area contributed by atoms with Crippen molar-refractivity contribution < 1.29 is 9.90 Å². The van der Waals surface area contributed by atoms with Gasteiger partial charge in [-0.25, -0.2) is 14.8 Å². The predicted molar refractivity (Wildman–Crippen MR) is 68.2 cm³/mol. The van der Waals surface area contributed by atoms with Gasteiger partial charge in [-0.3, -0.25) is 0 Å². The summed E-state index contributed by atoms with van der Waals surface area (Å²) >= 11 is 0. The topological polar surface area (TPSA) is 98.9 Å². The standard InChI is InChI=1S/C13H10N4O2/c1-8-10(12(18)19)7-15-13(16-8)17-11-5-3-2-4-9(11)6-14/h2-5,7H,1H3,(H,18,19)(H,15,16,17). The molecule has 0 saturated carbocycles. The van der Waals surface area contributed by atoms with Gasteiger partial charge in [0.25, 0.3) is 0 Å². The molecule has 1 heterocycles. The molecule has 0 aliphatic carbocycles. The zero-order valence-corrected chi connectivity index (χ0v) is 10.1. The lowest BCUT2D eigenvalue weighted by Crippen LogP contribution is -2.06. The number of aromatic nitrogens is 2. The molecule has 19 heavy (non-hydrogen) atoms. The van der Waals surface area contributed by atoms with Crippen LogP contribution in [0.4, 0.5) is 11.6 Å². The van der Waals surface area contributed by atoms with Gasteiger partial charge in [0, 0.05) is 6.20 Å². The quantitative estimate of drug-likeness (QED) is 0.870. The predicted octanol–water partition coefficient (Wildman–Crippen LogP) is 2.10. The van der Waals surface area contributed by atoms with Crippen LogP contribution in [0.2, 0.25) is 0 Å². The monoisotopic (exact) mass is 254 g/mol. The molecule has 0 saturated heterocycles.